The van der Waals surface area contributed by atoms with Crippen LogP contribution in [0.1, 0.15) is 24.8 Å². The lowest BCUT2D eigenvalue weighted by atomic mass is 9.94. The second kappa shape index (κ2) is 7.25. The fraction of sp³-hybridized carbons (Fsp3) is 0.438. The van der Waals surface area contributed by atoms with E-state index in [1.165, 1.54) is 6.07 Å². The van der Waals surface area contributed by atoms with Crippen molar-refractivity contribution in [1.82, 2.24) is 4.72 Å². The molecule has 0 aliphatic carbocycles. The SMILES string of the molecule is C=CCCc1cccc(S(=O)(=O)NC2(C(=O)O)CCCOC2)c1. The van der Waals surface area contributed by atoms with E-state index in [2.05, 4.69) is 11.3 Å². The van der Waals surface area contributed by atoms with Gasteiger partial charge in [-0.2, -0.15) is 4.72 Å². The number of aliphatic carboxylic acids is 1. The average molecular weight is 339 g/mol. The van der Waals surface area contributed by atoms with E-state index in [0.29, 0.717) is 19.4 Å². The molecule has 0 bridgehead atoms. The summed E-state index contributed by atoms with van der Waals surface area (Å²) in [5.41, 5.74) is -0.745. The molecule has 1 heterocycles. The molecule has 126 valence electrons. The molecule has 1 aliphatic heterocycles. The highest BCUT2D eigenvalue weighted by Crippen LogP contribution is 2.23. The molecule has 0 aromatic heterocycles. The molecular weight excluding hydrogens is 318 g/mol. The van der Waals surface area contributed by atoms with Crippen LogP contribution in [0.15, 0.2) is 41.8 Å². The lowest BCUT2D eigenvalue weighted by Crippen LogP contribution is -2.59. The normalized spacial score (nSPS) is 21.7. The van der Waals surface area contributed by atoms with Crippen LogP contribution in [-0.2, 0) is 26.0 Å². The maximum Gasteiger partial charge on any atom is 0.327 e. The van der Waals surface area contributed by atoms with Crippen molar-refractivity contribution < 1.29 is 23.1 Å². The Labute approximate surface area is 136 Å². The number of ether oxygens (including phenoxy) is 1. The summed E-state index contributed by atoms with van der Waals surface area (Å²) in [6, 6.07) is 6.50. The lowest BCUT2D eigenvalue weighted by Gasteiger charge is -2.33. The van der Waals surface area contributed by atoms with Gasteiger partial charge in [0.25, 0.3) is 0 Å². The van der Waals surface area contributed by atoms with E-state index in [-0.39, 0.29) is 17.9 Å². The average Bonchev–Trinajstić information content (AvgIpc) is 2.53. The number of hydrogen-bond acceptors (Lipinski definition) is 4. The molecule has 1 unspecified atom stereocenters. The number of carbonyl (C=O) groups is 1. The van der Waals surface area contributed by atoms with Gasteiger partial charge in [-0.1, -0.05) is 18.2 Å². The summed E-state index contributed by atoms with van der Waals surface area (Å²) in [7, 11) is -3.95. The minimum atomic E-state index is -3.95. The Morgan fingerprint density at radius 1 is 1.48 bits per heavy atom. The van der Waals surface area contributed by atoms with Crippen molar-refractivity contribution in [2.75, 3.05) is 13.2 Å². The standard InChI is InChI=1S/C16H21NO5S/c1-2-3-6-13-7-4-8-14(11-13)23(20,21)17-16(15(18)19)9-5-10-22-12-16/h2,4,7-8,11,17H,1,3,5-6,9-10,12H2,(H,18,19). The first-order valence-electron chi connectivity index (χ1n) is 7.45. The van der Waals surface area contributed by atoms with Gasteiger partial charge in [0.1, 0.15) is 0 Å². The molecule has 1 aliphatic rings. The van der Waals surface area contributed by atoms with Crippen molar-refractivity contribution in [3.63, 3.8) is 0 Å². The molecule has 7 heteroatoms. The van der Waals surface area contributed by atoms with Gasteiger partial charge in [0.15, 0.2) is 5.54 Å². The summed E-state index contributed by atoms with van der Waals surface area (Å²) in [4.78, 5) is 11.6. The van der Waals surface area contributed by atoms with Gasteiger partial charge in [0, 0.05) is 6.61 Å². The molecule has 0 radical (unpaired) electrons. The maximum absolute atomic E-state index is 12.6. The number of carboxylic acid groups (broad SMARTS) is 1. The van der Waals surface area contributed by atoms with Crippen molar-refractivity contribution in [2.24, 2.45) is 0 Å². The number of carboxylic acids is 1. The monoisotopic (exact) mass is 339 g/mol. The summed E-state index contributed by atoms with van der Waals surface area (Å²) in [6.07, 6.45) is 3.88. The van der Waals surface area contributed by atoms with Crippen LogP contribution in [0.25, 0.3) is 0 Å². The smallest absolute Gasteiger partial charge is 0.327 e. The first-order chi connectivity index (χ1) is 10.9. The Kier molecular flexibility index (Phi) is 5.56. The van der Waals surface area contributed by atoms with Crippen LogP contribution in [0.5, 0.6) is 0 Å². The number of sulfonamides is 1. The quantitative estimate of drug-likeness (QED) is 0.738. The molecular formula is C16H21NO5S. The third kappa shape index (κ3) is 4.19. The Morgan fingerprint density at radius 3 is 2.87 bits per heavy atom. The van der Waals surface area contributed by atoms with Crippen LogP contribution in [-0.4, -0.2) is 38.2 Å². The first-order valence-corrected chi connectivity index (χ1v) is 8.93. The fourth-order valence-electron chi connectivity index (χ4n) is 2.54. The summed E-state index contributed by atoms with van der Waals surface area (Å²) >= 11 is 0. The molecule has 0 amide bonds. The van der Waals surface area contributed by atoms with Gasteiger partial charge in [-0.05, 0) is 43.4 Å². The van der Waals surface area contributed by atoms with Crippen LogP contribution in [0.2, 0.25) is 0 Å². The second-order valence-electron chi connectivity index (χ2n) is 5.62. The van der Waals surface area contributed by atoms with E-state index in [1.54, 1.807) is 18.2 Å². The van der Waals surface area contributed by atoms with E-state index < -0.39 is 21.5 Å². The van der Waals surface area contributed by atoms with E-state index in [4.69, 9.17) is 4.74 Å². The van der Waals surface area contributed by atoms with Gasteiger partial charge in [0.2, 0.25) is 10.0 Å². The number of hydrogen-bond donors (Lipinski definition) is 2. The van der Waals surface area contributed by atoms with E-state index in [1.807, 2.05) is 6.07 Å². The zero-order valence-corrected chi connectivity index (χ0v) is 13.6. The van der Waals surface area contributed by atoms with Crippen LogP contribution in [0, 0.1) is 0 Å². The van der Waals surface area contributed by atoms with Gasteiger partial charge in [0.05, 0.1) is 11.5 Å². The number of aryl methyl sites for hydroxylation is 1. The molecule has 23 heavy (non-hydrogen) atoms. The highest BCUT2D eigenvalue weighted by atomic mass is 32.2. The Morgan fingerprint density at radius 2 is 2.26 bits per heavy atom. The minimum absolute atomic E-state index is 0.0604. The maximum atomic E-state index is 12.6. The molecule has 0 spiro atoms. The van der Waals surface area contributed by atoms with Gasteiger partial charge in [-0.15, -0.1) is 6.58 Å². The molecule has 1 fully saturated rings. The van der Waals surface area contributed by atoms with Crippen molar-refractivity contribution in [3.8, 4) is 0 Å². The van der Waals surface area contributed by atoms with Crippen LogP contribution in [0.3, 0.4) is 0 Å². The van der Waals surface area contributed by atoms with Crippen LogP contribution >= 0.6 is 0 Å². The lowest BCUT2D eigenvalue weighted by molar-refractivity contribution is -0.149. The van der Waals surface area contributed by atoms with Crippen molar-refractivity contribution in [3.05, 3.63) is 42.5 Å². The molecule has 1 saturated heterocycles. The zero-order chi connectivity index (χ0) is 16.9. The summed E-state index contributed by atoms with van der Waals surface area (Å²) in [5, 5.41) is 9.45. The topological polar surface area (TPSA) is 92.7 Å². The Balaban J connectivity index is 2.26. The summed E-state index contributed by atoms with van der Waals surface area (Å²) < 4.78 is 32.7. The first kappa shape index (κ1) is 17.7. The van der Waals surface area contributed by atoms with E-state index in [0.717, 1.165) is 12.0 Å². The third-order valence-electron chi connectivity index (χ3n) is 3.83. The molecule has 2 N–H and O–H groups in total. The van der Waals surface area contributed by atoms with Gasteiger partial charge >= 0.3 is 5.97 Å². The highest BCUT2D eigenvalue weighted by molar-refractivity contribution is 7.89. The number of rotatable bonds is 7. The summed E-state index contributed by atoms with van der Waals surface area (Å²) in [6.45, 7) is 3.91. The number of benzene rings is 1. The third-order valence-corrected chi connectivity index (χ3v) is 5.36. The van der Waals surface area contributed by atoms with Crippen LogP contribution in [0.4, 0.5) is 0 Å². The molecule has 2 rings (SSSR count). The van der Waals surface area contributed by atoms with Gasteiger partial charge < -0.3 is 9.84 Å². The van der Waals surface area contributed by atoms with Crippen molar-refractivity contribution in [2.45, 2.75) is 36.1 Å². The molecule has 1 aromatic carbocycles. The predicted octanol–water partition coefficient (Wildman–Crippen LogP) is 1.72. The zero-order valence-electron chi connectivity index (χ0n) is 12.8. The number of nitrogens with one attached hydrogen (secondary N) is 1. The van der Waals surface area contributed by atoms with E-state index >= 15 is 0 Å². The molecule has 6 nitrogen and oxygen atoms in total. The van der Waals surface area contributed by atoms with Crippen molar-refractivity contribution in [1.29, 1.82) is 0 Å². The molecule has 0 saturated carbocycles. The van der Waals surface area contributed by atoms with Gasteiger partial charge in [-0.25, -0.2) is 8.42 Å². The predicted molar refractivity (Wildman–Crippen MR) is 85.7 cm³/mol. The molecule has 1 aromatic rings. The van der Waals surface area contributed by atoms with E-state index in [9.17, 15) is 18.3 Å². The van der Waals surface area contributed by atoms with Crippen LogP contribution < -0.4 is 4.72 Å². The Bertz CT molecular complexity index is 677. The second-order valence-corrected chi connectivity index (χ2v) is 7.31. The number of allylic oxidation sites excluding steroid dienone is 1. The minimum Gasteiger partial charge on any atom is -0.480 e. The highest BCUT2D eigenvalue weighted by Gasteiger charge is 2.44. The fourth-order valence-corrected chi connectivity index (χ4v) is 3.99. The largest absolute Gasteiger partial charge is 0.480 e. The molecule has 1 atom stereocenters. The van der Waals surface area contributed by atoms with Gasteiger partial charge in [-0.3, -0.25) is 4.79 Å². The van der Waals surface area contributed by atoms with Crippen molar-refractivity contribution >= 4 is 16.0 Å². The Hall–Kier alpha value is -1.70. The summed E-state index contributed by atoms with van der Waals surface area (Å²) in [5.74, 6) is -1.22.